The Balaban J connectivity index is 2.65. The zero-order valence-corrected chi connectivity index (χ0v) is 8.45. The van der Waals surface area contributed by atoms with Crippen LogP contribution in [0.3, 0.4) is 0 Å². The molecule has 3 N–H and O–H groups in total. The van der Waals surface area contributed by atoms with Crippen molar-refractivity contribution in [3.05, 3.63) is 17.4 Å². The van der Waals surface area contributed by atoms with Crippen molar-refractivity contribution in [2.75, 3.05) is 11.9 Å². The summed E-state index contributed by atoms with van der Waals surface area (Å²) in [4.78, 5) is 19.0. The second-order valence-corrected chi connectivity index (χ2v) is 3.22. The van der Waals surface area contributed by atoms with Gasteiger partial charge in [0.15, 0.2) is 0 Å². The molecule has 1 rings (SSSR count). The molecule has 0 bridgehead atoms. The highest BCUT2D eigenvalue weighted by atomic mass is 35.5. The number of halogens is 1. The zero-order chi connectivity index (χ0) is 10.6. The average Bonchev–Trinajstić information content (AvgIpc) is 2.16. The number of nitrogens with zero attached hydrogens (tertiary/aromatic N) is 2. The van der Waals surface area contributed by atoms with Gasteiger partial charge in [-0.05, 0) is 6.07 Å². The highest BCUT2D eigenvalue weighted by molar-refractivity contribution is 6.29. The number of carbonyl (C=O) groups excluding carboxylic acids is 1. The molecule has 1 aromatic heterocycles. The summed E-state index contributed by atoms with van der Waals surface area (Å²) in [6.45, 7) is 2.01. The number of anilines is 1. The Morgan fingerprint density at radius 3 is 3.07 bits per heavy atom. The molecular formula is C8H11ClN4O. The van der Waals surface area contributed by atoms with E-state index >= 15 is 0 Å². The van der Waals surface area contributed by atoms with Crippen molar-refractivity contribution in [3.8, 4) is 0 Å². The number of amides is 1. The summed E-state index contributed by atoms with van der Waals surface area (Å²) in [6.07, 6.45) is 1.47. The molecule has 0 saturated carbocycles. The van der Waals surface area contributed by atoms with Crippen LogP contribution in [-0.2, 0) is 4.79 Å². The van der Waals surface area contributed by atoms with Gasteiger partial charge in [0.05, 0.1) is 0 Å². The van der Waals surface area contributed by atoms with Gasteiger partial charge in [-0.15, -0.1) is 0 Å². The predicted octanol–water partition coefficient (Wildman–Crippen LogP) is 0.663. The average molecular weight is 215 g/mol. The Kier molecular flexibility index (Phi) is 3.79. The fraction of sp³-hybridized carbons (Fsp3) is 0.375. The molecule has 0 aliphatic carbocycles. The number of rotatable bonds is 3. The third kappa shape index (κ3) is 2.93. The third-order valence-corrected chi connectivity index (χ3v) is 1.87. The Morgan fingerprint density at radius 1 is 1.79 bits per heavy atom. The van der Waals surface area contributed by atoms with Gasteiger partial charge in [-0.1, -0.05) is 18.5 Å². The summed E-state index contributed by atoms with van der Waals surface area (Å²) >= 11 is 5.61. The third-order valence-electron chi connectivity index (χ3n) is 1.66. The number of nitrogens with two attached hydrogens (primary N) is 1. The fourth-order valence-corrected chi connectivity index (χ4v) is 0.874. The Labute approximate surface area is 86.7 Å². The van der Waals surface area contributed by atoms with Crippen molar-refractivity contribution >= 4 is 23.5 Å². The molecule has 5 nitrogen and oxygen atoms in total. The lowest BCUT2D eigenvalue weighted by Gasteiger charge is -2.07. The minimum Gasteiger partial charge on any atom is -0.330 e. The fourth-order valence-electron chi connectivity index (χ4n) is 0.737. The maximum Gasteiger partial charge on any atom is 0.230 e. The molecule has 1 unspecified atom stereocenters. The molecule has 0 aliphatic rings. The Hall–Kier alpha value is -1.20. The van der Waals surface area contributed by atoms with Crippen LogP contribution in [0.4, 0.5) is 5.95 Å². The maximum absolute atomic E-state index is 11.3. The summed E-state index contributed by atoms with van der Waals surface area (Å²) in [6, 6.07) is 1.53. The first kappa shape index (κ1) is 10.9. The van der Waals surface area contributed by atoms with Crippen LogP contribution in [0, 0.1) is 5.92 Å². The minimum atomic E-state index is -0.266. The van der Waals surface area contributed by atoms with Gasteiger partial charge < -0.3 is 5.73 Å². The van der Waals surface area contributed by atoms with Crippen LogP contribution in [0.5, 0.6) is 0 Å². The molecule has 0 aromatic carbocycles. The van der Waals surface area contributed by atoms with E-state index in [0.717, 1.165) is 0 Å². The molecule has 0 saturated heterocycles. The molecule has 0 fully saturated rings. The van der Waals surface area contributed by atoms with Crippen LogP contribution in [0.2, 0.25) is 5.15 Å². The van der Waals surface area contributed by atoms with Gasteiger partial charge in [-0.3, -0.25) is 10.1 Å². The zero-order valence-electron chi connectivity index (χ0n) is 7.70. The van der Waals surface area contributed by atoms with Crippen molar-refractivity contribution in [1.82, 2.24) is 9.97 Å². The van der Waals surface area contributed by atoms with Crippen molar-refractivity contribution in [2.24, 2.45) is 11.7 Å². The van der Waals surface area contributed by atoms with E-state index in [0.29, 0.717) is 0 Å². The van der Waals surface area contributed by atoms with E-state index in [1.165, 1.54) is 12.3 Å². The van der Waals surface area contributed by atoms with E-state index in [-0.39, 0.29) is 29.5 Å². The van der Waals surface area contributed by atoms with Crippen LogP contribution in [-0.4, -0.2) is 22.4 Å². The van der Waals surface area contributed by atoms with Gasteiger partial charge in [-0.2, -0.15) is 0 Å². The van der Waals surface area contributed by atoms with E-state index in [1.807, 2.05) is 0 Å². The Bertz CT molecular complexity index is 331. The van der Waals surface area contributed by atoms with Crippen LogP contribution < -0.4 is 11.1 Å². The molecular weight excluding hydrogens is 204 g/mol. The molecule has 0 radical (unpaired) electrons. The SMILES string of the molecule is CC(CN)C(=O)Nc1nccc(Cl)n1. The summed E-state index contributed by atoms with van der Waals surface area (Å²) in [5.41, 5.74) is 5.33. The molecule has 1 amide bonds. The van der Waals surface area contributed by atoms with Gasteiger partial charge in [0.25, 0.3) is 0 Å². The standard InChI is InChI=1S/C8H11ClN4O/c1-5(4-10)7(14)13-8-11-3-2-6(9)12-8/h2-3,5H,4,10H2,1H3,(H,11,12,13,14). The van der Waals surface area contributed by atoms with Crippen molar-refractivity contribution in [3.63, 3.8) is 0 Å². The normalized spacial score (nSPS) is 12.2. The van der Waals surface area contributed by atoms with Crippen molar-refractivity contribution in [1.29, 1.82) is 0 Å². The molecule has 76 valence electrons. The second kappa shape index (κ2) is 4.88. The largest absolute Gasteiger partial charge is 0.330 e. The molecule has 1 heterocycles. The van der Waals surface area contributed by atoms with Gasteiger partial charge in [0.2, 0.25) is 11.9 Å². The molecule has 0 spiro atoms. The lowest BCUT2D eigenvalue weighted by molar-refractivity contribution is -0.119. The lowest BCUT2D eigenvalue weighted by atomic mass is 10.2. The summed E-state index contributed by atoms with van der Waals surface area (Å²) in [5, 5.41) is 2.80. The van der Waals surface area contributed by atoms with E-state index in [9.17, 15) is 4.79 Å². The number of carbonyl (C=O) groups is 1. The van der Waals surface area contributed by atoms with E-state index < -0.39 is 0 Å². The maximum atomic E-state index is 11.3. The second-order valence-electron chi connectivity index (χ2n) is 2.83. The molecule has 1 aromatic rings. The quantitative estimate of drug-likeness (QED) is 0.725. The highest BCUT2D eigenvalue weighted by Gasteiger charge is 2.11. The summed E-state index contributed by atoms with van der Waals surface area (Å²) in [5.74, 6) is -0.282. The van der Waals surface area contributed by atoms with Crippen LogP contribution in [0.25, 0.3) is 0 Å². The van der Waals surface area contributed by atoms with E-state index in [4.69, 9.17) is 17.3 Å². The van der Waals surface area contributed by atoms with Gasteiger partial charge in [0.1, 0.15) is 5.15 Å². The molecule has 6 heteroatoms. The summed E-state index contributed by atoms with van der Waals surface area (Å²) < 4.78 is 0. The predicted molar refractivity (Wildman–Crippen MR) is 53.9 cm³/mol. The van der Waals surface area contributed by atoms with E-state index in [2.05, 4.69) is 15.3 Å². The molecule has 14 heavy (non-hydrogen) atoms. The number of aromatic nitrogens is 2. The van der Waals surface area contributed by atoms with Crippen LogP contribution in [0.15, 0.2) is 12.3 Å². The van der Waals surface area contributed by atoms with Crippen molar-refractivity contribution in [2.45, 2.75) is 6.92 Å². The van der Waals surface area contributed by atoms with Gasteiger partial charge >= 0.3 is 0 Å². The van der Waals surface area contributed by atoms with Crippen LogP contribution >= 0.6 is 11.6 Å². The lowest BCUT2D eigenvalue weighted by Crippen LogP contribution is -2.27. The smallest absolute Gasteiger partial charge is 0.230 e. The monoisotopic (exact) mass is 214 g/mol. The topological polar surface area (TPSA) is 80.9 Å². The van der Waals surface area contributed by atoms with Crippen LogP contribution in [0.1, 0.15) is 6.92 Å². The van der Waals surface area contributed by atoms with Gasteiger partial charge in [0, 0.05) is 18.7 Å². The van der Waals surface area contributed by atoms with E-state index in [1.54, 1.807) is 6.92 Å². The first-order chi connectivity index (χ1) is 6.63. The first-order valence-electron chi connectivity index (χ1n) is 4.13. The summed E-state index contributed by atoms with van der Waals surface area (Å²) in [7, 11) is 0. The van der Waals surface area contributed by atoms with Gasteiger partial charge in [-0.25, -0.2) is 9.97 Å². The number of nitrogens with one attached hydrogen (secondary N) is 1. The molecule has 1 atom stereocenters. The minimum absolute atomic E-state index is 0.197. The number of hydrogen-bond acceptors (Lipinski definition) is 4. The first-order valence-corrected chi connectivity index (χ1v) is 4.50. The highest BCUT2D eigenvalue weighted by Crippen LogP contribution is 2.06. The molecule has 0 aliphatic heterocycles. The Morgan fingerprint density at radius 2 is 2.50 bits per heavy atom. The number of hydrogen-bond donors (Lipinski definition) is 2. The van der Waals surface area contributed by atoms with Crippen molar-refractivity contribution < 1.29 is 4.79 Å².